The number of carbonyl (C=O) groups excluding carboxylic acids is 1. The normalized spacial score (nSPS) is 11.6. The second-order valence-electron chi connectivity index (χ2n) is 5.61. The first-order valence-corrected chi connectivity index (χ1v) is 8.53. The van der Waals surface area contributed by atoms with E-state index in [1.807, 2.05) is 24.3 Å². The molecular formula is C19H23ClN2O2. The maximum absolute atomic E-state index is 12.0. The highest BCUT2D eigenvalue weighted by Crippen LogP contribution is 2.16. The number of halogens is 1. The highest BCUT2D eigenvalue weighted by Gasteiger charge is 2.08. The van der Waals surface area contributed by atoms with Gasteiger partial charge in [-0.15, -0.1) is 0 Å². The summed E-state index contributed by atoms with van der Waals surface area (Å²) in [6, 6.07) is 14.6. The van der Waals surface area contributed by atoms with Crippen LogP contribution in [0.25, 0.3) is 0 Å². The number of benzene rings is 2. The first-order chi connectivity index (χ1) is 11.6. The van der Waals surface area contributed by atoms with Crippen LogP contribution in [0, 0.1) is 0 Å². The van der Waals surface area contributed by atoms with Crippen molar-refractivity contribution < 1.29 is 9.53 Å². The molecule has 2 aromatic carbocycles. The van der Waals surface area contributed by atoms with Crippen molar-refractivity contribution in [2.45, 2.75) is 39.3 Å². The van der Waals surface area contributed by atoms with E-state index in [4.69, 9.17) is 16.3 Å². The monoisotopic (exact) mass is 346 g/mol. The Kier molecular flexibility index (Phi) is 6.94. The summed E-state index contributed by atoms with van der Waals surface area (Å²) in [5, 5.41) is 6.18. The summed E-state index contributed by atoms with van der Waals surface area (Å²) in [5.74, 6) is 0.646. The van der Waals surface area contributed by atoms with Gasteiger partial charge in [0.2, 0.25) is 0 Å². The van der Waals surface area contributed by atoms with Crippen LogP contribution in [0.3, 0.4) is 0 Å². The standard InChI is InChI=1S/C19H23ClN2O2/c1-3-4-5-15-6-10-17(11-7-15)22-19(23)21-14(2)24-18-12-8-16(20)9-13-18/h6-14H,3-5H2,1-2H3,(H2,21,22,23). The lowest BCUT2D eigenvalue weighted by atomic mass is 10.1. The van der Waals surface area contributed by atoms with E-state index in [1.54, 1.807) is 31.2 Å². The van der Waals surface area contributed by atoms with E-state index in [9.17, 15) is 4.79 Å². The Morgan fingerprint density at radius 1 is 1.12 bits per heavy atom. The van der Waals surface area contributed by atoms with Crippen LogP contribution in [0.5, 0.6) is 5.75 Å². The van der Waals surface area contributed by atoms with E-state index in [1.165, 1.54) is 18.4 Å². The van der Waals surface area contributed by atoms with Crippen LogP contribution in [-0.4, -0.2) is 12.3 Å². The van der Waals surface area contributed by atoms with Gasteiger partial charge in [-0.3, -0.25) is 0 Å². The molecule has 0 spiro atoms. The molecule has 24 heavy (non-hydrogen) atoms. The third-order valence-corrected chi connectivity index (χ3v) is 3.74. The molecule has 1 unspecified atom stereocenters. The molecule has 0 saturated carbocycles. The van der Waals surface area contributed by atoms with Crippen LogP contribution in [-0.2, 0) is 6.42 Å². The number of carbonyl (C=O) groups is 1. The van der Waals surface area contributed by atoms with Crippen LogP contribution < -0.4 is 15.4 Å². The van der Waals surface area contributed by atoms with Crippen molar-refractivity contribution in [1.82, 2.24) is 5.32 Å². The highest BCUT2D eigenvalue weighted by atomic mass is 35.5. The third kappa shape index (κ3) is 6.13. The van der Waals surface area contributed by atoms with Crippen molar-refractivity contribution in [2.75, 3.05) is 5.32 Å². The molecule has 0 aromatic heterocycles. The molecule has 0 aliphatic rings. The Labute approximate surface area is 148 Å². The second kappa shape index (κ2) is 9.18. The minimum absolute atomic E-state index is 0.308. The Morgan fingerprint density at radius 3 is 2.42 bits per heavy atom. The molecule has 0 heterocycles. The van der Waals surface area contributed by atoms with Gasteiger partial charge in [0.1, 0.15) is 5.75 Å². The zero-order valence-corrected chi connectivity index (χ0v) is 14.8. The smallest absolute Gasteiger partial charge is 0.322 e. The summed E-state index contributed by atoms with van der Waals surface area (Å²) in [6.45, 7) is 3.94. The first-order valence-electron chi connectivity index (χ1n) is 8.15. The number of unbranched alkanes of at least 4 members (excludes halogenated alkanes) is 1. The number of aryl methyl sites for hydroxylation is 1. The average Bonchev–Trinajstić information content (AvgIpc) is 2.56. The van der Waals surface area contributed by atoms with Gasteiger partial charge in [0.05, 0.1) is 0 Å². The summed E-state index contributed by atoms with van der Waals surface area (Å²) >= 11 is 5.83. The lowest BCUT2D eigenvalue weighted by molar-refractivity contribution is 0.183. The van der Waals surface area contributed by atoms with Gasteiger partial charge in [-0.05, 0) is 61.7 Å². The molecule has 0 saturated heterocycles. The number of ether oxygens (including phenoxy) is 1. The summed E-state index contributed by atoms with van der Waals surface area (Å²) in [5.41, 5.74) is 2.04. The Bertz CT molecular complexity index is 641. The lowest BCUT2D eigenvalue weighted by Gasteiger charge is -2.17. The molecule has 0 radical (unpaired) electrons. The number of hydrogen-bond donors (Lipinski definition) is 2. The van der Waals surface area contributed by atoms with E-state index in [0.717, 1.165) is 12.1 Å². The molecule has 0 fully saturated rings. The molecule has 5 heteroatoms. The topological polar surface area (TPSA) is 50.4 Å². The van der Waals surface area contributed by atoms with E-state index < -0.39 is 6.23 Å². The second-order valence-corrected chi connectivity index (χ2v) is 6.05. The van der Waals surface area contributed by atoms with Gasteiger partial charge >= 0.3 is 6.03 Å². The van der Waals surface area contributed by atoms with Crippen molar-refractivity contribution >= 4 is 23.3 Å². The van der Waals surface area contributed by atoms with E-state index in [-0.39, 0.29) is 6.03 Å². The quantitative estimate of drug-likeness (QED) is 0.674. The number of rotatable bonds is 7. The van der Waals surface area contributed by atoms with E-state index in [2.05, 4.69) is 17.6 Å². The molecule has 2 aromatic rings. The molecule has 4 nitrogen and oxygen atoms in total. The molecular weight excluding hydrogens is 324 g/mol. The van der Waals surface area contributed by atoms with Gasteiger partial charge in [-0.25, -0.2) is 4.79 Å². The molecule has 0 aliphatic heterocycles. The Balaban J connectivity index is 1.80. The van der Waals surface area contributed by atoms with Gasteiger partial charge in [-0.1, -0.05) is 37.1 Å². The number of urea groups is 1. The van der Waals surface area contributed by atoms with Crippen LogP contribution in [0.2, 0.25) is 5.02 Å². The molecule has 2 N–H and O–H groups in total. The fourth-order valence-corrected chi connectivity index (χ4v) is 2.36. The van der Waals surface area contributed by atoms with Crippen molar-refractivity contribution in [2.24, 2.45) is 0 Å². The summed E-state index contributed by atoms with van der Waals surface area (Å²) in [6.07, 6.45) is 2.95. The minimum Gasteiger partial charge on any atom is -0.471 e. The van der Waals surface area contributed by atoms with Crippen molar-refractivity contribution in [3.8, 4) is 5.75 Å². The predicted molar refractivity (Wildman–Crippen MR) is 98.8 cm³/mol. The zero-order chi connectivity index (χ0) is 17.4. The molecule has 0 aliphatic carbocycles. The van der Waals surface area contributed by atoms with Crippen LogP contribution >= 0.6 is 11.6 Å². The van der Waals surface area contributed by atoms with Crippen molar-refractivity contribution in [3.63, 3.8) is 0 Å². The summed E-state index contributed by atoms with van der Waals surface area (Å²) in [4.78, 5) is 12.0. The Hall–Kier alpha value is -2.20. The first kappa shape index (κ1) is 18.1. The number of anilines is 1. The molecule has 1 atom stereocenters. The summed E-state index contributed by atoms with van der Waals surface area (Å²) in [7, 11) is 0. The highest BCUT2D eigenvalue weighted by molar-refractivity contribution is 6.30. The maximum Gasteiger partial charge on any atom is 0.322 e. The molecule has 2 amide bonds. The summed E-state index contributed by atoms with van der Waals surface area (Å²) < 4.78 is 5.61. The number of amides is 2. The van der Waals surface area contributed by atoms with Gasteiger partial charge in [0.25, 0.3) is 0 Å². The maximum atomic E-state index is 12.0. The Morgan fingerprint density at radius 2 is 1.79 bits per heavy atom. The third-order valence-electron chi connectivity index (χ3n) is 3.49. The molecule has 128 valence electrons. The average molecular weight is 347 g/mol. The molecule has 2 rings (SSSR count). The SMILES string of the molecule is CCCCc1ccc(NC(=O)NC(C)Oc2ccc(Cl)cc2)cc1. The van der Waals surface area contributed by atoms with Gasteiger partial charge < -0.3 is 15.4 Å². The van der Waals surface area contributed by atoms with Crippen molar-refractivity contribution in [3.05, 3.63) is 59.1 Å². The van der Waals surface area contributed by atoms with Crippen LogP contribution in [0.15, 0.2) is 48.5 Å². The molecule has 0 bridgehead atoms. The number of hydrogen-bond acceptors (Lipinski definition) is 2. The van der Waals surface area contributed by atoms with Crippen LogP contribution in [0.4, 0.5) is 10.5 Å². The van der Waals surface area contributed by atoms with Gasteiger partial charge in [-0.2, -0.15) is 0 Å². The number of nitrogens with one attached hydrogen (secondary N) is 2. The van der Waals surface area contributed by atoms with Crippen molar-refractivity contribution in [1.29, 1.82) is 0 Å². The fraction of sp³-hybridized carbons (Fsp3) is 0.316. The van der Waals surface area contributed by atoms with Crippen LogP contribution in [0.1, 0.15) is 32.3 Å². The zero-order valence-electron chi connectivity index (χ0n) is 14.0. The van der Waals surface area contributed by atoms with Gasteiger partial charge in [0.15, 0.2) is 6.23 Å². The van der Waals surface area contributed by atoms with E-state index in [0.29, 0.717) is 10.8 Å². The van der Waals surface area contributed by atoms with Gasteiger partial charge in [0, 0.05) is 10.7 Å². The lowest BCUT2D eigenvalue weighted by Crippen LogP contribution is -2.39. The largest absolute Gasteiger partial charge is 0.471 e. The van der Waals surface area contributed by atoms with E-state index >= 15 is 0 Å². The predicted octanol–water partition coefficient (Wildman–Crippen LogP) is 5.23. The minimum atomic E-state index is -0.463. The fourth-order valence-electron chi connectivity index (χ4n) is 2.23.